The van der Waals surface area contributed by atoms with E-state index in [-0.39, 0.29) is 5.78 Å². The molecule has 1 aliphatic carbocycles. The number of aliphatic hydroxyl groups is 1. The highest BCUT2D eigenvalue weighted by molar-refractivity contribution is 5.85. The molecule has 0 aromatic heterocycles. The van der Waals surface area contributed by atoms with Gasteiger partial charge >= 0.3 is 0 Å². The predicted molar refractivity (Wildman–Crippen MR) is 43.3 cm³/mol. The summed E-state index contributed by atoms with van der Waals surface area (Å²) in [5, 5.41) is 9.39. The lowest BCUT2D eigenvalue weighted by Gasteiger charge is -2.34. The van der Waals surface area contributed by atoms with Gasteiger partial charge in [0.05, 0.1) is 11.5 Å². The Kier molecular flexibility index (Phi) is 2.33. The Balaban J connectivity index is 2.73. The molecule has 1 fully saturated rings. The van der Waals surface area contributed by atoms with E-state index in [1.807, 2.05) is 6.92 Å². The summed E-state index contributed by atoms with van der Waals surface area (Å²) in [5.41, 5.74) is -0.446. The summed E-state index contributed by atoms with van der Waals surface area (Å²) in [6.07, 6.45) is 3.09. The quantitative estimate of drug-likeness (QED) is 0.625. The van der Waals surface area contributed by atoms with Gasteiger partial charge in [0.25, 0.3) is 0 Å². The number of rotatable bonds is 1. The number of carbonyl (C=O) groups is 1. The van der Waals surface area contributed by atoms with Crippen molar-refractivity contribution in [2.75, 3.05) is 0 Å². The van der Waals surface area contributed by atoms with Gasteiger partial charge in [-0.15, -0.1) is 0 Å². The summed E-state index contributed by atoms with van der Waals surface area (Å²) >= 11 is 0. The fourth-order valence-corrected chi connectivity index (χ4v) is 1.64. The molecule has 11 heavy (non-hydrogen) atoms. The molecule has 64 valence electrons. The van der Waals surface area contributed by atoms with Crippen LogP contribution in [0.5, 0.6) is 0 Å². The average Bonchev–Trinajstić information content (AvgIpc) is 1.95. The van der Waals surface area contributed by atoms with Crippen molar-refractivity contribution in [1.82, 2.24) is 0 Å². The maximum absolute atomic E-state index is 11.4. The molecule has 0 heterocycles. The molecule has 0 bridgehead atoms. The van der Waals surface area contributed by atoms with Crippen LogP contribution in [0.4, 0.5) is 0 Å². The normalized spacial score (nSPS) is 35.4. The van der Waals surface area contributed by atoms with Crippen molar-refractivity contribution in [2.45, 2.75) is 45.6 Å². The molecule has 0 aromatic carbocycles. The molecular formula is C9H16O2. The maximum Gasteiger partial charge on any atom is 0.141 e. The van der Waals surface area contributed by atoms with Gasteiger partial charge in [-0.3, -0.25) is 4.79 Å². The molecule has 0 radical (unpaired) electrons. The summed E-state index contributed by atoms with van der Waals surface area (Å²) in [6, 6.07) is 0. The summed E-state index contributed by atoms with van der Waals surface area (Å²) in [5.74, 6) is 0.235. The van der Waals surface area contributed by atoms with Crippen molar-refractivity contribution in [1.29, 1.82) is 0 Å². The molecule has 1 saturated carbocycles. The largest absolute Gasteiger partial charge is 0.392 e. The predicted octanol–water partition coefficient (Wildman–Crippen LogP) is 1.52. The van der Waals surface area contributed by atoms with Crippen molar-refractivity contribution < 1.29 is 9.90 Å². The van der Waals surface area contributed by atoms with Crippen molar-refractivity contribution >= 4 is 5.78 Å². The number of Topliss-reactive ketones (excluding diaryl/α,β-unsaturated/α-hetero) is 1. The van der Waals surface area contributed by atoms with Crippen LogP contribution >= 0.6 is 0 Å². The van der Waals surface area contributed by atoms with Crippen LogP contribution in [0.1, 0.15) is 39.5 Å². The lowest BCUT2D eigenvalue weighted by atomic mass is 9.71. The minimum atomic E-state index is -0.490. The summed E-state index contributed by atoms with van der Waals surface area (Å²) in [6.45, 7) is 3.59. The number of hydrogen-bond donors (Lipinski definition) is 1. The van der Waals surface area contributed by atoms with Crippen molar-refractivity contribution in [3.05, 3.63) is 0 Å². The second kappa shape index (κ2) is 2.94. The third kappa shape index (κ3) is 1.45. The van der Waals surface area contributed by atoms with E-state index in [0.29, 0.717) is 6.42 Å². The van der Waals surface area contributed by atoms with E-state index in [9.17, 15) is 9.90 Å². The Morgan fingerprint density at radius 1 is 1.55 bits per heavy atom. The summed E-state index contributed by atoms with van der Waals surface area (Å²) < 4.78 is 0. The Bertz CT molecular complexity index is 163. The lowest BCUT2D eigenvalue weighted by Crippen LogP contribution is -2.40. The maximum atomic E-state index is 11.4. The number of ketones is 1. The second-order valence-corrected chi connectivity index (χ2v) is 3.72. The first-order valence-corrected chi connectivity index (χ1v) is 4.29. The van der Waals surface area contributed by atoms with Crippen LogP contribution in [0, 0.1) is 5.41 Å². The fraction of sp³-hybridized carbons (Fsp3) is 0.889. The van der Waals surface area contributed by atoms with E-state index in [1.54, 1.807) is 6.92 Å². The van der Waals surface area contributed by atoms with Crippen LogP contribution < -0.4 is 0 Å². The molecule has 2 nitrogen and oxygen atoms in total. The van der Waals surface area contributed by atoms with Gasteiger partial charge < -0.3 is 5.11 Å². The molecule has 2 heteroatoms. The van der Waals surface area contributed by atoms with Gasteiger partial charge in [-0.25, -0.2) is 0 Å². The minimum absolute atomic E-state index is 0.235. The van der Waals surface area contributed by atoms with Gasteiger partial charge in [-0.1, -0.05) is 13.3 Å². The van der Waals surface area contributed by atoms with Crippen LogP contribution in [0.3, 0.4) is 0 Å². The Morgan fingerprint density at radius 2 is 2.18 bits per heavy atom. The average molecular weight is 156 g/mol. The SMILES string of the molecule is C[C@@H](O)[C@@]1(C)CCCCC1=O. The zero-order valence-corrected chi connectivity index (χ0v) is 7.26. The zero-order chi connectivity index (χ0) is 8.48. The Labute approximate surface area is 67.6 Å². The highest BCUT2D eigenvalue weighted by Gasteiger charge is 2.38. The highest BCUT2D eigenvalue weighted by atomic mass is 16.3. The highest BCUT2D eigenvalue weighted by Crippen LogP contribution is 2.35. The molecule has 1 rings (SSSR count). The molecule has 0 unspecified atom stereocenters. The van der Waals surface area contributed by atoms with E-state index in [2.05, 4.69) is 0 Å². The van der Waals surface area contributed by atoms with E-state index in [1.165, 1.54) is 0 Å². The smallest absolute Gasteiger partial charge is 0.141 e. The molecule has 2 atom stereocenters. The summed E-state index contributed by atoms with van der Waals surface area (Å²) in [4.78, 5) is 11.4. The van der Waals surface area contributed by atoms with Crippen LogP contribution in [0.25, 0.3) is 0 Å². The standard InChI is InChI=1S/C9H16O2/c1-7(10)9(2)6-4-3-5-8(9)11/h7,10H,3-6H2,1-2H3/t7-,9-/m1/s1. The van der Waals surface area contributed by atoms with Gasteiger partial charge in [-0.2, -0.15) is 0 Å². The number of carbonyl (C=O) groups excluding carboxylic acids is 1. The molecular weight excluding hydrogens is 140 g/mol. The van der Waals surface area contributed by atoms with Gasteiger partial charge in [0.1, 0.15) is 5.78 Å². The van der Waals surface area contributed by atoms with Crippen LogP contribution in [-0.2, 0) is 4.79 Å². The molecule has 1 N–H and O–H groups in total. The van der Waals surface area contributed by atoms with E-state index in [4.69, 9.17) is 0 Å². The van der Waals surface area contributed by atoms with Crippen LogP contribution in [0.2, 0.25) is 0 Å². The number of hydrogen-bond acceptors (Lipinski definition) is 2. The topological polar surface area (TPSA) is 37.3 Å². The van der Waals surface area contributed by atoms with Crippen molar-refractivity contribution in [3.8, 4) is 0 Å². The van der Waals surface area contributed by atoms with Gasteiger partial charge in [0.15, 0.2) is 0 Å². The first-order chi connectivity index (χ1) is 5.07. The van der Waals surface area contributed by atoms with E-state index < -0.39 is 11.5 Å². The lowest BCUT2D eigenvalue weighted by molar-refractivity contribution is -0.136. The molecule has 0 aromatic rings. The molecule has 0 amide bonds. The Hall–Kier alpha value is -0.370. The number of aliphatic hydroxyl groups excluding tert-OH is 1. The first kappa shape index (κ1) is 8.72. The van der Waals surface area contributed by atoms with Crippen LogP contribution in [-0.4, -0.2) is 17.0 Å². The second-order valence-electron chi connectivity index (χ2n) is 3.72. The third-order valence-corrected chi connectivity index (χ3v) is 2.91. The molecule has 0 spiro atoms. The molecule has 0 aliphatic heterocycles. The molecule has 1 aliphatic rings. The molecule has 0 saturated heterocycles. The van der Waals surface area contributed by atoms with Crippen LogP contribution in [0.15, 0.2) is 0 Å². The van der Waals surface area contributed by atoms with Crippen molar-refractivity contribution in [3.63, 3.8) is 0 Å². The third-order valence-electron chi connectivity index (χ3n) is 2.91. The summed E-state index contributed by atoms with van der Waals surface area (Å²) in [7, 11) is 0. The first-order valence-electron chi connectivity index (χ1n) is 4.29. The van der Waals surface area contributed by atoms with Gasteiger partial charge in [0, 0.05) is 6.42 Å². The fourth-order valence-electron chi connectivity index (χ4n) is 1.64. The van der Waals surface area contributed by atoms with Gasteiger partial charge in [-0.05, 0) is 19.8 Å². The zero-order valence-electron chi connectivity index (χ0n) is 7.26. The minimum Gasteiger partial charge on any atom is -0.392 e. The van der Waals surface area contributed by atoms with E-state index >= 15 is 0 Å². The van der Waals surface area contributed by atoms with Gasteiger partial charge in [0.2, 0.25) is 0 Å². The monoisotopic (exact) mass is 156 g/mol. The van der Waals surface area contributed by atoms with E-state index in [0.717, 1.165) is 19.3 Å². The van der Waals surface area contributed by atoms with Crippen molar-refractivity contribution in [2.24, 2.45) is 5.41 Å². The Morgan fingerprint density at radius 3 is 2.55 bits per heavy atom.